The maximum atomic E-state index is 12.1. The lowest BCUT2D eigenvalue weighted by Gasteiger charge is -2.34. The van der Waals surface area contributed by atoms with Crippen LogP contribution in [0, 0.1) is 22.7 Å². The number of anilines is 2. The third-order valence-corrected chi connectivity index (χ3v) is 13.2. The van der Waals surface area contributed by atoms with Crippen molar-refractivity contribution in [2.75, 3.05) is 4.90 Å². The average Bonchev–Trinajstić information content (AvgIpc) is 4.06. The monoisotopic (exact) mass is 790 g/mol. The van der Waals surface area contributed by atoms with Crippen molar-refractivity contribution in [2.24, 2.45) is 0 Å². The van der Waals surface area contributed by atoms with Gasteiger partial charge in [0.2, 0.25) is 0 Å². The van der Waals surface area contributed by atoms with E-state index >= 15 is 0 Å². The molecule has 0 N–H and O–H groups in total. The molecule has 2 atom stereocenters. The third kappa shape index (κ3) is 4.45. The Hall–Kier alpha value is -8.58. The molecule has 6 heteroatoms. The van der Waals surface area contributed by atoms with E-state index in [1.54, 1.807) is 0 Å². The van der Waals surface area contributed by atoms with E-state index in [0.717, 1.165) is 82.5 Å². The lowest BCUT2D eigenvalue weighted by atomic mass is 9.91. The fourth-order valence-corrected chi connectivity index (χ4v) is 10.8. The Balaban J connectivity index is 1.35. The highest BCUT2D eigenvalue weighted by molar-refractivity contribution is 6.15. The van der Waals surface area contributed by atoms with Gasteiger partial charge in [0, 0.05) is 43.9 Å². The van der Waals surface area contributed by atoms with Crippen molar-refractivity contribution in [1.82, 2.24) is 13.7 Å². The Kier molecular flexibility index (Phi) is 7.17. The van der Waals surface area contributed by atoms with E-state index in [-0.39, 0.29) is 12.0 Å². The van der Waals surface area contributed by atoms with Crippen molar-refractivity contribution in [3.05, 3.63) is 211 Å². The standard InChI is InChI=1S/C56H34N6/c57-33-43-53(59-45-25-9-1-17-35(45)36-18-2-10-26-46(36)59)44(34-58)55(61-49-29-13-5-21-39(49)40-22-6-14-30-50(40)61)56(62-51-31-15-7-23-41(51)42-24-8-16-32-52(42)62)54(43)60-47-27-11-3-19-37(47)38-20-4-12-28-48(38)60/h1-32,37,47H. The number of fused-ring (bicyclic) bond motifs is 12. The summed E-state index contributed by atoms with van der Waals surface area (Å²) in [6.45, 7) is 0. The van der Waals surface area contributed by atoms with Crippen molar-refractivity contribution >= 4 is 76.8 Å². The molecule has 2 aliphatic rings. The number of benzene rings is 8. The molecule has 11 aromatic rings. The molecule has 62 heavy (non-hydrogen) atoms. The summed E-state index contributed by atoms with van der Waals surface area (Å²) in [5.41, 5.74) is 11.6. The van der Waals surface area contributed by atoms with Gasteiger partial charge in [0.25, 0.3) is 0 Å². The zero-order valence-electron chi connectivity index (χ0n) is 33.3. The van der Waals surface area contributed by atoms with Crippen molar-refractivity contribution in [1.29, 1.82) is 10.5 Å². The molecule has 1 aliphatic carbocycles. The molecule has 3 aromatic heterocycles. The van der Waals surface area contributed by atoms with Crippen LogP contribution in [0.15, 0.2) is 194 Å². The van der Waals surface area contributed by atoms with E-state index in [0.29, 0.717) is 22.5 Å². The van der Waals surface area contributed by atoms with E-state index < -0.39 is 0 Å². The van der Waals surface area contributed by atoms with Gasteiger partial charge in [-0.25, -0.2) is 0 Å². The van der Waals surface area contributed by atoms with Crippen molar-refractivity contribution in [3.63, 3.8) is 0 Å². The summed E-state index contributed by atoms with van der Waals surface area (Å²) in [4.78, 5) is 2.40. The van der Waals surface area contributed by atoms with Gasteiger partial charge < -0.3 is 18.6 Å². The predicted octanol–water partition coefficient (Wildman–Crippen LogP) is 13.5. The number of allylic oxidation sites excluding steroid dienone is 2. The van der Waals surface area contributed by atoms with Crippen LogP contribution in [0.1, 0.15) is 22.6 Å². The highest BCUT2D eigenvalue weighted by atomic mass is 15.2. The Morgan fingerprint density at radius 2 is 0.710 bits per heavy atom. The predicted molar refractivity (Wildman–Crippen MR) is 252 cm³/mol. The summed E-state index contributed by atoms with van der Waals surface area (Å²) in [7, 11) is 0. The molecule has 4 heterocycles. The smallest absolute Gasteiger partial charge is 0.104 e. The number of para-hydroxylation sites is 7. The molecule has 0 fully saturated rings. The first-order valence-corrected chi connectivity index (χ1v) is 21.0. The highest BCUT2D eigenvalue weighted by Crippen LogP contribution is 2.55. The van der Waals surface area contributed by atoms with Crippen LogP contribution in [0.25, 0.3) is 82.5 Å². The van der Waals surface area contributed by atoms with Crippen LogP contribution in [0.2, 0.25) is 0 Å². The number of hydrogen-bond acceptors (Lipinski definition) is 3. The first kappa shape index (κ1) is 34.3. The van der Waals surface area contributed by atoms with Crippen LogP contribution in [-0.2, 0) is 0 Å². The van der Waals surface area contributed by atoms with Crippen LogP contribution in [-0.4, -0.2) is 19.7 Å². The number of hydrogen-bond donors (Lipinski definition) is 0. The van der Waals surface area contributed by atoms with Crippen LogP contribution < -0.4 is 4.90 Å². The lowest BCUT2D eigenvalue weighted by Crippen LogP contribution is -2.31. The quantitative estimate of drug-likeness (QED) is 0.178. The van der Waals surface area contributed by atoms with E-state index in [1.165, 1.54) is 5.56 Å². The maximum Gasteiger partial charge on any atom is 0.104 e. The summed E-state index contributed by atoms with van der Waals surface area (Å²) in [6.07, 6.45) is 8.80. The summed E-state index contributed by atoms with van der Waals surface area (Å²) >= 11 is 0. The third-order valence-electron chi connectivity index (χ3n) is 13.2. The van der Waals surface area contributed by atoms with Crippen molar-refractivity contribution in [2.45, 2.75) is 12.0 Å². The summed E-state index contributed by atoms with van der Waals surface area (Å²) < 4.78 is 6.79. The molecule has 0 saturated heterocycles. The van der Waals surface area contributed by atoms with Crippen molar-refractivity contribution in [3.8, 4) is 29.2 Å². The molecule has 288 valence electrons. The molecule has 6 nitrogen and oxygen atoms in total. The van der Waals surface area contributed by atoms with E-state index in [4.69, 9.17) is 0 Å². The fraction of sp³-hybridized carbons (Fsp3) is 0.0357. The van der Waals surface area contributed by atoms with Gasteiger partial charge in [0.1, 0.15) is 23.3 Å². The lowest BCUT2D eigenvalue weighted by molar-refractivity contribution is 0.742. The normalized spacial score (nSPS) is 15.5. The number of rotatable bonds is 4. The second-order valence-corrected chi connectivity index (χ2v) is 16.2. The molecule has 2 unspecified atom stereocenters. The van der Waals surface area contributed by atoms with Crippen LogP contribution in [0.4, 0.5) is 11.4 Å². The first-order valence-electron chi connectivity index (χ1n) is 21.0. The minimum Gasteiger partial charge on any atom is -0.330 e. The zero-order valence-corrected chi connectivity index (χ0v) is 33.3. The molecule has 13 rings (SSSR count). The van der Waals surface area contributed by atoms with Gasteiger partial charge in [0.15, 0.2) is 0 Å². The van der Waals surface area contributed by atoms with Gasteiger partial charge in [0.05, 0.1) is 61.9 Å². The molecule has 0 amide bonds. The summed E-state index contributed by atoms with van der Waals surface area (Å²) in [6, 6.07) is 64.7. The zero-order chi connectivity index (χ0) is 41.1. The van der Waals surface area contributed by atoms with Gasteiger partial charge in [-0.2, -0.15) is 10.5 Å². The number of nitriles is 2. The molecular formula is C56H34N6. The summed E-state index contributed by atoms with van der Waals surface area (Å²) in [5.74, 6) is 0.0396. The van der Waals surface area contributed by atoms with E-state index in [1.807, 2.05) is 12.1 Å². The van der Waals surface area contributed by atoms with Crippen LogP contribution in [0.5, 0.6) is 0 Å². The Labute approximate surface area is 356 Å². The minimum atomic E-state index is -0.152. The number of nitrogens with zero attached hydrogens (tertiary/aromatic N) is 6. The topological polar surface area (TPSA) is 65.6 Å². The molecule has 8 aromatic carbocycles. The molecule has 0 saturated carbocycles. The summed E-state index contributed by atoms with van der Waals surface area (Å²) in [5, 5.41) is 30.7. The SMILES string of the molecule is N#Cc1c(N2c3ccccc3C3C=CC=CC32)c(-n2c3ccccc3c3ccccc32)c(-n2c3ccccc3c3ccccc32)c(C#N)c1-n1c2ccccc2c2ccccc21. The second-order valence-electron chi connectivity index (χ2n) is 16.2. The number of aromatic nitrogens is 3. The largest absolute Gasteiger partial charge is 0.330 e. The maximum absolute atomic E-state index is 12.1. The Bertz CT molecular complexity index is 3720. The second kappa shape index (κ2) is 13.0. The van der Waals surface area contributed by atoms with Gasteiger partial charge >= 0.3 is 0 Å². The molecule has 0 spiro atoms. The van der Waals surface area contributed by atoms with E-state index in [9.17, 15) is 10.5 Å². The van der Waals surface area contributed by atoms with Gasteiger partial charge in [-0.3, -0.25) is 0 Å². The fourth-order valence-electron chi connectivity index (χ4n) is 10.8. The highest BCUT2D eigenvalue weighted by Gasteiger charge is 2.42. The Morgan fingerprint density at radius 3 is 1.16 bits per heavy atom. The van der Waals surface area contributed by atoms with Gasteiger partial charge in [-0.05, 0) is 48.0 Å². The molecule has 0 radical (unpaired) electrons. The average molecular weight is 791 g/mol. The van der Waals surface area contributed by atoms with Crippen LogP contribution >= 0.6 is 0 Å². The van der Waals surface area contributed by atoms with Crippen molar-refractivity contribution < 1.29 is 0 Å². The van der Waals surface area contributed by atoms with Gasteiger partial charge in [-0.15, -0.1) is 0 Å². The molecule has 1 aliphatic heterocycles. The first-order chi connectivity index (χ1) is 30.8. The van der Waals surface area contributed by atoms with Gasteiger partial charge in [-0.1, -0.05) is 152 Å². The van der Waals surface area contributed by atoms with E-state index in [2.05, 4.69) is 213 Å². The molecular weight excluding hydrogens is 757 g/mol. The molecule has 0 bridgehead atoms. The Morgan fingerprint density at radius 1 is 0.355 bits per heavy atom. The van der Waals surface area contributed by atoms with Crippen LogP contribution in [0.3, 0.4) is 0 Å². The minimum absolute atomic E-state index is 0.0396.